The molecule has 2 aromatic carbocycles. The van der Waals surface area contributed by atoms with Crippen LogP contribution in [0.5, 0.6) is 0 Å². The predicted molar refractivity (Wildman–Crippen MR) is 135 cm³/mol. The van der Waals surface area contributed by atoms with Crippen LogP contribution in [0.4, 0.5) is 10.5 Å². The highest BCUT2D eigenvalue weighted by atomic mass is 32.2. The number of hydrogen-bond donors (Lipinski definition) is 1. The molecule has 3 amide bonds. The van der Waals surface area contributed by atoms with Crippen molar-refractivity contribution in [1.29, 1.82) is 0 Å². The van der Waals surface area contributed by atoms with Gasteiger partial charge in [0.1, 0.15) is 6.54 Å². The second-order valence-corrected chi connectivity index (χ2v) is 8.55. The summed E-state index contributed by atoms with van der Waals surface area (Å²) in [7, 11) is 1.96. The highest BCUT2D eigenvalue weighted by Gasteiger charge is 2.22. The molecule has 0 spiro atoms. The fourth-order valence-electron chi connectivity index (χ4n) is 3.41. The van der Waals surface area contributed by atoms with Gasteiger partial charge in [-0.3, -0.25) is 4.79 Å². The lowest BCUT2D eigenvalue weighted by Crippen LogP contribution is -2.44. The molecule has 0 atom stereocenters. The molecule has 0 saturated heterocycles. The van der Waals surface area contributed by atoms with Crippen molar-refractivity contribution in [2.75, 3.05) is 24.7 Å². The largest absolute Gasteiger partial charge is 0.353 e. The van der Waals surface area contributed by atoms with Gasteiger partial charge in [-0.05, 0) is 48.2 Å². The Labute approximate surface area is 199 Å². The second kappa shape index (κ2) is 12.0. The fourth-order valence-corrected chi connectivity index (χ4v) is 3.82. The van der Waals surface area contributed by atoms with Gasteiger partial charge in [0, 0.05) is 42.6 Å². The number of hydrogen-bond acceptors (Lipinski definition) is 3. The van der Waals surface area contributed by atoms with E-state index in [2.05, 4.69) is 11.9 Å². The van der Waals surface area contributed by atoms with E-state index in [0.29, 0.717) is 18.8 Å². The minimum atomic E-state index is -0.335. The first-order valence-corrected chi connectivity index (χ1v) is 12.0. The van der Waals surface area contributed by atoms with E-state index in [-0.39, 0.29) is 25.0 Å². The van der Waals surface area contributed by atoms with Crippen LogP contribution in [0.1, 0.15) is 11.3 Å². The molecule has 3 rings (SSSR count). The zero-order valence-corrected chi connectivity index (χ0v) is 19.9. The average molecular weight is 463 g/mol. The number of benzene rings is 2. The molecule has 0 bridgehead atoms. The number of nitrogens with one attached hydrogen (secondary N) is 1. The van der Waals surface area contributed by atoms with Gasteiger partial charge < -0.3 is 19.7 Å². The maximum atomic E-state index is 13.4. The Kier molecular flexibility index (Phi) is 8.78. The molecule has 33 heavy (non-hydrogen) atoms. The molecular formula is C26H30N4O2S. The van der Waals surface area contributed by atoms with Crippen molar-refractivity contribution in [2.45, 2.75) is 18.0 Å². The average Bonchev–Trinajstić information content (AvgIpc) is 3.23. The van der Waals surface area contributed by atoms with Gasteiger partial charge in [0.2, 0.25) is 5.91 Å². The Morgan fingerprint density at radius 2 is 1.73 bits per heavy atom. The molecule has 0 aliphatic carbocycles. The maximum absolute atomic E-state index is 13.4. The number of amides is 3. The molecule has 0 aliphatic rings. The minimum Gasteiger partial charge on any atom is -0.353 e. The summed E-state index contributed by atoms with van der Waals surface area (Å²) in [4.78, 5) is 30.7. The van der Waals surface area contributed by atoms with Crippen molar-refractivity contribution >= 4 is 29.4 Å². The molecule has 0 saturated carbocycles. The van der Waals surface area contributed by atoms with E-state index >= 15 is 0 Å². The molecule has 1 heterocycles. The zero-order valence-electron chi connectivity index (χ0n) is 19.1. The number of aryl methyl sites for hydroxylation is 1. The molecule has 1 aromatic heterocycles. The number of carbonyl (C=O) groups is 2. The lowest BCUT2D eigenvalue weighted by molar-refractivity contribution is -0.133. The molecule has 3 aromatic rings. The van der Waals surface area contributed by atoms with Crippen LogP contribution in [0.3, 0.4) is 0 Å². The Bertz CT molecular complexity index is 1060. The molecule has 0 unspecified atom stereocenters. The summed E-state index contributed by atoms with van der Waals surface area (Å²) in [5, 5.41) is 2.88. The van der Waals surface area contributed by atoms with Crippen molar-refractivity contribution in [3.8, 4) is 0 Å². The smallest absolute Gasteiger partial charge is 0.322 e. The van der Waals surface area contributed by atoms with Gasteiger partial charge in [0.05, 0.1) is 6.54 Å². The van der Waals surface area contributed by atoms with Crippen molar-refractivity contribution in [3.05, 3.63) is 96.8 Å². The van der Waals surface area contributed by atoms with Gasteiger partial charge in [0.25, 0.3) is 0 Å². The molecular weight excluding hydrogens is 432 g/mol. The van der Waals surface area contributed by atoms with Crippen LogP contribution >= 0.6 is 11.8 Å². The molecule has 0 fully saturated rings. The first-order chi connectivity index (χ1) is 16.0. The third-order valence-electron chi connectivity index (χ3n) is 5.28. The third kappa shape index (κ3) is 7.02. The monoisotopic (exact) mass is 462 g/mol. The maximum Gasteiger partial charge on any atom is 0.322 e. The molecule has 7 heteroatoms. The molecule has 0 aliphatic heterocycles. The van der Waals surface area contributed by atoms with Crippen LogP contribution in [-0.2, 0) is 24.9 Å². The minimum absolute atomic E-state index is 0.0436. The number of anilines is 1. The normalized spacial score (nSPS) is 10.5. The van der Waals surface area contributed by atoms with E-state index < -0.39 is 0 Å². The van der Waals surface area contributed by atoms with E-state index in [1.165, 1.54) is 4.90 Å². The second-order valence-electron chi connectivity index (χ2n) is 7.67. The third-order valence-corrected chi connectivity index (χ3v) is 6.02. The number of urea groups is 1. The number of nitrogens with zero attached hydrogens (tertiary/aromatic N) is 3. The quantitative estimate of drug-likeness (QED) is 0.341. The molecule has 0 radical (unpaired) electrons. The Morgan fingerprint density at radius 1 is 1.00 bits per heavy atom. The summed E-state index contributed by atoms with van der Waals surface area (Å²) in [5.74, 6) is -0.130. The number of thioether (sulfide) groups is 1. The number of rotatable bonds is 10. The standard InChI is InChI=1S/C26H30N4O2S/c1-4-16-29(26(32)27-22-12-14-24(33-3)15-13-22)20-25(31)30(18-21-9-6-5-7-10-21)19-23-11-8-17-28(23)2/h4-15,17H,1,16,18-20H2,2-3H3,(H,27,32). The van der Waals surface area contributed by atoms with Gasteiger partial charge in [-0.1, -0.05) is 36.4 Å². The van der Waals surface area contributed by atoms with E-state index in [4.69, 9.17) is 0 Å². The van der Waals surface area contributed by atoms with Crippen LogP contribution in [0.25, 0.3) is 0 Å². The fraction of sp³-hybridized carbons (Fsp3) is 0.231. The van der Waals surface area contributed by atoms with Gasteiger partial charge in [-0.15, -0.1) is 18.3 Å². The van der Waals surface area contributed by atoms with Gasteiger partial charge in [-0.25, -0.2) is 4.79 Å². The van der Waals surface area contributed by atoms with E-state index in [9.17, 15) is 9.59 Å². The van der Waals surface area contributed by atoms with Gasteiger partial charge in [0.15, 0.2) is 0 Å². The van der Waals surface area contributed by atoms with Crippen molar-refractivity contribution in [3.63, 3.8) is 0 Å². The van der Waals surface area contributed by atoms with Crippen LogP contribution in [0, 0.1) is 0 Å². The lowest BCUT2D eigenvalue weighted by Gasteiger charge is -2.27. The summed E-state index contributed by atoms with van der Waals surface area (Å²) < 4.78 is 2.00. The van der Waals surface area contributed by atoms with Crippen molar-refractivity contribution in [1.82, 2.24) is 14.4 Å². The van der Waals surface area contributed by atoms with Crippen LogP contribution in [0.15, 0.2) is 90.5 Å². The van der Waals surface area contributed by atoms with E-state index in [0.717, 1.165) is 16.2 Å². The number of aromatic nitrogens is 1. The van der Waals surface area contributed by atoms with Crippen LogP contribution in [0.2, 0.25) is 0 Å². The Morgan fingerprint density at radius 3 is 2.33 bits per heavy atom. The summed E-state index contributed by atoms with van der Waals surface area (Å²) in [6.07, 6.45) is 5.59. The predicted octanol–water partition coefficient (Wildman–Crippen LogP) is 5.00. The highest BCUT2D eigenvalue weighted by molar-refractivity contribution is 7.98. The van der Waals surface area contributed by atoms with Gasteiger partial charge >= 0.3 is 6.03 Å². The summed E-state index contributed by atoms with van der Waals surface area (Å²) in [5.41, 5.74) is 2.74. The summed E-state index contributed by atoms with van der Waals surface area (Å²) >= 11 is 1.64. The highest BCUT2D eigenvalue weighted by Crippen LogP contribution is 2.18. The summed E-state index contributed by atoms with van der Waals surface area (Å²) in [6, 6.07) is 21.1. The zero-order chi connectivity index (χ0) is 23.6. The topological polar surface area (TPSA) is 57.6 Å². The van der Waals surface area contributed by atoms with Crippen LogP contribution in [-0.4, -0.2) is 45.7 Å². The molecule has 1 N–H and O–H groups in total. The molecule has 6 nitrogen and oxygen atoms in total. The van der Waals surface area contributed by atoms with Crippen LogP contribution < -0.4 is 5.32 Å². The first-order valence-electron chi connectivity index (χ1n) is 10.7. The first kappa shape index (κ1) is 24.2. The van der Waals surface area contributed by atoms with E-state index in [1.54, 1.807) is 22.7 Å². The Hall–Kier alpha value is -3.45. The Balaban J connectivity index is 1.73. The molecule has 172 valence electrons. The van der Waals surface area contributed by atoms with Crippen molar-refractivity contribution < 1.29 is 9.59 Å². The lowest BCUT2D eigenvalue weighted by atomic mass is 10.2. The number of carbonyl (C=O) groups excluding carboxylic acids is 2. The van der Waals surface area contributed by atoms with Crippen molar-refractivity contribution in [2.24, 2.45) is 7.05 Å². The van der Waals surface area contributed by atoms with E-state index in [1.807, 2.05) is 90.8 Å². The van der Waals surface area contributed by atoms with Gasteiger partial charge in [-0.2, -0.15) is 0 Å². The SMILES string of the molecule is C=CCN(CC(=O)N(Cc1ccccc1)Cc1cccn1C)C(=O)Nc1ccc(SC)cc1. The summed E-state index contributed by atoms with van der Waals surface area (Å²) in [6.45, 7) is 4.89.